The van der Waals surface area contributed by atoms with Crippen molar-refractivity contribution >= 4 is 21.8 Å². The SMILES string of the molecule is CC(C)(C)c1ccnc(-n2c3[c-]c(Oc4[c-]c(-n5[c-][n+](-c6cccc(C(C)(C)c7ccccc7)c6)cc5C(C)(C)c5ccccc5)cc(-c5ccccc5)c4)cc(C(C)(C)C)c3c3ccccc32)c1.[Pt]. The van der Waals surface area contributed by atoms with Gasteiger partial charge in [-0.05, 0) is 80.1 Å². The third kappa shape index (κ3) is 9.09. The monoisotopic (exact) mass is 1100 g/mol. The van der Waals surface area contributed by atoms with Crippen LogP contribution in [0.4, 0.5) is 0 Å². The molecule has 0 aliphatic carbocycles. The quantitative estimate of drug-likeness (QED) is 0.101. The molecule has 7 aromatic carbocycles. The van der Waals surface area contributed by atoms with Crippen LogP contribution in [0.5, 0.6) is 11.5 Å². The number of rotatable bonds is 10. The minimum absolute atomic E-state index is 0. The molecule has 0 saturated carbocycles. The van der Waals surface area contributed by atoms with Crippen molar-refractivity contribution in [3.8, 4) is 39.8 Å². The van der Waals surface area contributed by atoms with E-state index >= 15 is 0 Å². The molecular weight excluding hydrogens is 1040 g/mol. The summed E-state index contributed by atoms with van der Waals surface area (Å²) in [7, 11) is 0. The van der Waals surface area contributed by atoms with Crippen LogP contribution in [0.1, 0.15) is 103 Å². The molecule has 0 unspecified atom stereocenters. The second kappa shape index (κ2) is 18.5. The van der Waals surface area contributed by atoms with Gasteiger partial charge in [0.1, 0.15) is 5.82 Å². The summed E-state index contributed by atoms with van der Waals surface area (Å²) in [4.78, 5) is 4.98. The average Bonchev–Trinajstić information content (AvgIpc) is 3.95. The Kier molecular flexibility index (Phi) is 12.7. The van der Waals surface area contributed by atoms with Crippen molar-refractivity contribution in [2.45, 2.75) is 90.9 Å². The van der Waals surface area contributed by atoms with Gasteiger partial charge in [0.2, 0.25) is 0 Å². The summed E-state index contributed by atoms with van der Waals surface area (Å²) >= 11 is 0. The summed E-state index contributed by atoms with van der Waals surface area (Å²) in [6.07, 6.45) is 7.96. The molecule has 0 N–H and O–H groups in total. The van der Waals surface area contributed by atoms with Crippen LogP contribution >= 0.6 is 0 Å². The van der Waals surface area contributed by atoms with E-state index in [1.54, 1.807) is 0 Å². The first-order valence-electron chi connectivity index (χ1n) is 24.0. The van der Waals surface area contributed by atoms with Crippen molar-refractivity contribution in [1.29, 1.82) is 0 Å². The van der Waals surface area contributed by atoms with Gasteiger partial charge in [0.05, 0.1) is 11.4 Å². The Labute approximate surface area is 428 Å². The Hall–Kier alpha value is -6.81. The predicted molar refractivity (Wildman–Crippen MR) is 282 cm³/mol. The Bertz CT molecular complexity index is 3480. The fourth-order valence-electron chi connectivity index (χ4n) is 9.69. The number of ether oxygens (including phenoxy) is 1. The topological polar surface area (TPSA) is 35.9 Å². The van der Waals surface area contributed by atoms with E-state index in [0.29, 0.717) is 11.5 Å². The molecule has 6 heteroatoms. The molecular formula is C64H60N4OPt-2. The largest absolute Gasteiger partial charge is 0.510 e. The van der Waals surface area contributed by atoms with E-state index in [9.17, 15) is 0 Å². The Morgan fingerprint density at radius 3 is 1.81 bits per heavy atom. The number of hydrogen-bond donors (Lipinski definition) is 0. The van der Waals surface area contributed by atoms with E-state index in [4.69, 9.17) is 9.72 Å². The number of nitrogens with zero attached hydrogens (tertiary/aromatic N) is 4. The first-order valence-corrected chi connectivity index (χ1v) is 24.0. The second-order valence-corrected chi connectivity index (χ2v) is 21.5. The first-order chi connectivity index (χ1) is 33.0. The minimum Gasteiger partial charge on any atom is -0.510 e. The molecule has 0 spiro atoms. The van der Waals surface area contributed by atoms with Gasteiger partial charge in [-0.1, -0.05) is 201 Å². The van der Waals surface area contributed by atoms with Gasteiger partial charge in [0.15, 0.2) is 0 Å². The van der Waals surface area contributed by atoms with E-state index in [0.717, 1.165) is 61.4 Å². The summed E-state index contributed by atoms with van der Waals surface area (Å²) in [6.45, 7) is 22.7. The maximum Gasteiger partial charge on any atom is 0.267 e. The molecule has 3 heterocycles. The number of fused-ring (bicyclic) bond motifs is 3. The van der Waals surface area contributed by atoms with Crippen molar-refractivity contribution in [2.75, 3.05) is 0 Å². The van der Waals surface area contributed by atoms with Gasteiger partial charge < -0.3 is 13.9 Å². The zero-order chi connectivity index (χ0) is 48.3. The zero-order valence-corrected chi connectivity index (χ0v) is 44.1. The third-order valence-electron chi connectivity index (χ3n) is 13.9. The number of para-hydroxylation sites is 1. The molecule has 5 nitrogen and oxygen atoms in total. The molecule has 10 aromatic rings. The molecule has 0 saturated heterocycles. The Balaban J connectivity index is 0.00000608. The van der Waals surface area contributed by atoms with Crippen LogP contribution in [-0.2, 0) is 42.7 Å². The average molecular weight is 1100 g/mol. The van der Waals surface area contributed by atoms with E-state index in [-0.39, 0.29) is 37.3 Å². The van der Waals surface area contributed by atoms with Crippen molar-refractivity contribution < 1.29 is 30.4 Å². The van der Waals surface area contributed by atoms with Crippen LogP contribution in [-0.4, -0.2) is 14.1 Å². The first kappa shape index (κ1) is 48.2. The molecule has 10 rings (SSSR count). The van der Waals surface area contributed by atoms with Crippen molar-refractivity contribution in [3.63, 3.8) is 0 Å². The van der Waals surface area contributed by atoms with Gasteiger partial charge in [-0.2, -0.15) is 6.07 Å². The molecule has 0 bridgehead atoms. The Morgan fingerprint density at radius 2 is 1.14 bits per heavy atom. The fourth-order valence-corrected chi connectivity index (χ4v) is 9.69. The molecule has 3 aromatic heterocycles. The van der Waals surface area contributed by atoms with Crippen molar-refractivity contribution in [2.24, 2.45) is 0 Å². The maximum absolute atomic E-state index is 7.13. The van der Waals surface area contributed by atoms with Crippen molar-refractivity contribution in [3.05, 3.63) is 234 Å². The standard InChI is InChI=1S/C64H60N4O.Pt/c1-61(2,3)48-33-34-65-59(38-48)68-56-32-21-20-31-54(56)60-55(62(4,5)6)40-53(41-57(60)68)69-52-36-45(44-23-14-11-15-24-44)35-51(39-52)67-43-66(42-58(67)64(9,10)47-27-18-13-19-28-47)50-30-22-29-49(37-50)63(7,8)46-25-16-12-17-26-46;/h11-38,40,42H,1-10H3;/q-2;. The van der Waals surface area contributed by atoms with Gasteiger partial charge in [0.25, 0.3) is 6.33 Å². The molecule has 0 fully saturated rings. The van der Waals surface area contributed by atoms with E-state index in [1.165, 1.54) is 22.3 Å². The predicted octanol–water partition coefficient (Wildman–Crippen LogP) is 15.4. The van der Waals surface area contributed by atoms with Crippen LogP contribution in [0.2, 0.25) is 0 Å². The number of imidazole rings is 1. The number of pyridine rings is 1. The van der Waals surface area contributed by atoms with Gasteiger partial charge in [-0.25, -0.2) is 4.98 Å². The van der Waals surface area contributed by atoms with Crippen LogP contribution < -0.4 is 9.30 Å². The molecule has 0 aliphatic rings. The summed E-state index contributed by atoms with van der Waals surface area (Å²) in [5.74, 6) is 2.02. The van der Waals surface area contributed by atoms with Crippen molar-refractivity contribution in [1.82, 2.24) is 14.1 Å². The van der Waals surface area contributed by atoms with Gasteiger partial charge in [-0.3, -0.25) is 4.57 Å². The fraction of sp³-hybridized carbons (Fsp3) is 0.219. The van der Waals surface area contributed by atoms with Gasteiger partial charge in [-0.15, -0.1) is 35.4 Å². The van der Waals surface area contributed by atoms with Crippen LogP contribution in [0, 0.1) is 18.5 Å². The van der Waals surface area contributed by atoms with E-state index < -0.39 is 5.41 Å². The minimum atomic E-state index is -0.437. The summed E-state index contributed by atoms with van der Waals surface area (Å²) in [6, 6.07) is 67.7. The molecule has 0 amide bonds. The zero-order valence-electron chi connectivity index (χ0n) is 41.8. The van der Waals surface area contributed by atoms with E-state index in [1.807, 2.05) is 6.20 Å². The number of aromatic nitrogens is 4. The molecule has 0 aliphatic heterocycles. The van der Waals surface area contributed by atoms with Gasteiger partial charge >= 0.3 is 0 Å². The Morgan fingerprint density at radius 1 is 0.529 bits per heavy atom. The molecule has 0 atom stereocenters. The number of hydrogen-bond acceptors (Lipinski definition) is 2. The van der Waals surface area contributed by atoms with Crippen LogP contribution in [0.15, 0.2) is 182 Å². The smallest absolute Gasteiger partial charge is 0.267 e. The third-order valence-corrected chi connectivity index (χ3v) is 13.9. The molecule has 354 valence electrons. The van der Waals surface area contributed by atoms with Gasteiger partial charge in [0, 0.05) is 61.3 Å². The maximum atomic E-state index is 7.13. The summed E-state index contributed by atoms with van der Waals surface area (Å²) < 4.78 is 13.7. The summed E-state index contributed by atoms with van der Waals surface area (Å²) in [5.41, 5.74) is 12.0. The molecule has 0 radical (unpaired) electrons. The van der Waals surface area contributed by atoms with E-state index in [2.05, 4.69) is 277 Å². The molecule has 70 heavy (non-hydrogen) atoms. The normalized spacial score (nSPS) is 12.3. The van der Waals surface area contributed by atoms with Crippen LogP contribution in [0.3, 0.4) is 0 Å². The number of benzene rings is 7. The van der Waals surface area contributed by atoms with Crippen LogP contribution in [0.25, 0.3) is 50.1 Å². The second-order valence-electron chi connectivity index (χ2n) is 21.5. The summed E-state index contributed by atoms with van der Waals surface area (Å²) in [5, 5.41) is 2.30.